The van der Waals surface area contributed by atoms with Crippen molar-refractivity contribution < 1.29 is 0 Å². The minimum Gasteiger partial charge on any atom is -0.361 e. The largest absolute Gasteiger partial charge is 0.361 e. The van der Waals surface area contributed by atoms with Gasteiger partial charge < -0.3 is 4.98 Å². The van der Waals surface area contributed by atoms with Crippen molar-refractivity contribution in [2.45, 2.75) is 18.9 Å². The third-order valence-corrected chi connectivity index (χ3v) is 4.30. The molecule has 4 nitrogen and oxygen atoms in total. The maximum absolute atomic E-state index is 4.06. The second-order valence-corrected chi connectivity index (χ2v) is 5.59. The Kier molecular flexibility index (Phi) is 2.81. The number of H-pyrrole nitrogens is 2. The number of hydrogen-bond acceptors (Lipinski definition) is 2. The van der Waals surface area contributed by atoms with Gasteiger partial charge in [0.15, 0.2) is 0 Å². The first-order chi connectivity index (χ1) is 9.90. The van der Waals surface area contributed by atoms with E-state index in [1.807, 2.05) is 6.20 Å². The fraction of sp³-hybridized carbons (Fsp3) is 0.312. The third-order valence-electron chi connectivity index (χ3n) is 4.30. The molecule has 20 heavy (non-hydrogen) atoms. The molecule has 1 saturated heterocycles. The van der Waals surface area contributed by atoms with Gasteiger partial charge in [0.1, 0.15) is 0 Å². The van der Waals surface area contributed by atoms with Crippen LogP contribution in [-0.4, -0.2) is 33.2 Å². The van der Waals surface area contributed by atoms with Crippen LogP contribution in [0.1, 0.15) is 23.6 Å². The Bertz CT molecular complexity index is 698. The van der Waals surface area contributed by atoms with Crippen LogP contribution in [0.15, 0.2) is 42.7 Å². The summed E-state index contributed by atoms with van der Waals surface area (Å²) in [5.41, 5.74) is 3.89. The van der Waals surface area contributed by atoms with Crippen LogP contribution in [0.2, 0.25) is 0 Å². The molecule has 1 atom stereocenters. The average molecular weight is 266 g/mol. The lowest BCUT2D eigenvalue weighted by molar-refractivity contribution is 0.327. The maximum Gasteiger partial charge on any atom is 0.0490 e. The molecule has 0 aliphatic carbocycles. The fourth-order valence-corrected chi connectivity index (χ4v) is 3.23. The Hall–Kier alpha value is -2.07. The van der Waals surface area contributed by atoms with Crippen molar-refractivity contribution in [3.05, 3.63) is 54.0 Å². The number of fused-ring (bicyclic) bond motifs is 1. The summed E-state index contributed by atoms with van der Waals surface area (Å²) in [5, 5.41) is 8.51. The summed E-state index contributed by atoms with van der Waals surface area (Å²) in [4.78, 5) is 5.89. The zero-order valence-electron chi connectivity index (χ0n) is 11.3. The third kappa shape index (κ3) is 2.02. The minimum absolute atomic E-state index is 0.600. The highest BCUT2D eigenvalue weighted by atomic mass is 15.2. The molecule has 0 radical (unpaired) electrons. The second-order valence-electron chi connectivity index (χ2n) is 5.59. The topological polar surface area (TPSA) is 47.7 Å². The molecule has 1 fully saturated rings. The number of benzene rings is 1. The predicted molar refractivity (Wildman–Crippen MR) is 79.5 cm³/mol. The number of rotatable bonds is 3. The Morgan fingerprint density at radius 1 is 1.25 bits per heavy atom. The molecule has 0 bridgehead atoms. The van der Waals surface area contributed by atoms with Crippen molar-refractivity contribution in [1.82, 2.24) is 20.1 Å². The van der Waals surface area contributed by atoms with E-state index in [9.17, 15) is 0 Å². The van der Waals surface area contributed by atoms with E-state index in [0.717, 1.165) is 19.6 Å². The molecule has 2 aromatic heterocycles. The van der Waals surface area contributed by atoms with Gasteiger partial charge in [-0.3, -0.25) is 10.00 Å². The van der Waals surface area contributed by atoms with Crippen molar-refractivity contribution in [2.24, 2.45) is 0 Å². The predicted octanol–water partition coefficient (Wildman–Crippen LogP) is 2.88. The maximum atomic E-state index is 4.06. The number of nitrogens with one attached hydrogen (secondary N) is 2. The number of nitrogens with zero attached hydrogens (tertiary/aromatic N) is 2. The highest BCUT2D eigenvalue weighted by molar-refractivity contribution is 5.82. The van der Waals surface area contributed by atoms with E-state index in [-0.39, 0.29) is 0 Å². The van der Waals surface area contributed by atoms with E-state index in [4.69, 9.17) is 0 Å². The highest BCUT2D eigenvalue weighted by Gasteiger charge is 2.25. The van der Waals surface area contributed by atoms with Crippen LogP contribution in [0, 0.1) is 0 Å². The smallest absolute Gasteiger partial charge is 0.0490 e. The summed E-state index contributed by atoms with van der Waals surface area (Å²) < 4.78 is 0. The summed E-state index contributed by atoms with van der Waals surface area (Å²) in [6, 6.07) is 10.6. The molecule has 1 aliphatic rings. The van der Waals surface area contributed by atoms with Gasteiger partial charge >= 0.3 is 0 Å². The van der Waals surface area contributed by atoms with Crippen LogP contribution < -0.4 is 0 Å². The first kappa shape index (κ1) is 11.7. The molecular weight excluding hydrogens is 248 g/mol. The Morgan fingerprint density at radius 3 is 3.10 bits per heavy atom. The molecule has 1 aliphatic heterocycles. The van der Waals surface area contributed by atoms with E-state index in [0.29, 0.717) is 5.92 Å². The van der Waals surface area contributed by atoms with Crippen LogP contribution in [-0.2, 0) is 6.54 Å². The SMILES string of the molecule is c1ccc2c(CN3CCC(c4ccn[nH]4)C3)c[nH]c2c1. The lowest BCUT2D eigenvalue weighted by Gasteiger charge is -2.15. The quantitative estimate of drug-likeness (QED) is 0.765. The Morgan fingerprint density at radius 2 is 2.20 bits per heavy atom. The first-order valence-corrected chi connectivity index (χ1v) is 7.17. The fourth-order valence-electron chi connectivity index (χ4n) is 3.23. The van der Waals surface area contributed by atoms with Gasteiger partial charge in [-0.05, 0) is 30.7 Å². The number of hydrogen-bond donors (Lipinski definition) is 2. The molecule has 1 aromatic carbocycles. The van der Waals surface area contributed by atoms with E-state index >= 15 is 0 Å². The van der Waals surface area contributed by atoms with Crippen LogP contribution >= 0.6 is 0 Å². The lowest BCUT2D eigenvalue weighted by atomic mass is 10.1. The molecule has 102 valence electrons. The molecule has 2 N–H and O–H groups in total. The van der Waals surface area contributed by atoms with Gasteiger partial charge in [-0.2, -0.15) is 5.10 Å². The van der Waals surface area contributed by atoms with E-state index in [2.05, 4.69) is 56.6 Å². The van der Waals surface area contributed by atoms with Crippen molar-refractivity contribution in [1.29, 1.82) is 0 Å². The van der Waals surface area contributed by atoms with E-state index in [1.54, 1.807) is 0 Å². The molecule has 0 amide bonds. The summed E-state index contributed by atoms with van der Waals surface area (Å²) in [7, 11) is 0. The average Bonchev–Trinajstić information content (AvgIpc) is 3.19. The van der Waals surface area contributed by atoms with Gasteiger partial charge in [0.05, 0.1) is 0 Å². The van der Waals surface area contributed by atoms with Crippen LogP contribution in [0.25, 0.3) is 10.9 Å². The van der Waals surface area contributed by atoms with Crippen LogP contribution in [0.3, 0.4) is 0 Å². The van der Waals surface area contributed by atoms with Crippen molar-refractivity contribution >= 4 is 10.9 Å². The molecular formula is C16H18N4. The Balaban J connectivity index is 1.50. The minimum atomic E-state index is 0.600. The second kappa shape index (κ2) is 4.80. The van der Waals surface area contributed by atoms with Gasteiger partial charge in [-0.15, -0.1) is 0 Å². The van der Waals surface area contributed by atoms with Crippen molar-refractivity contribution in [3.8, 4) is 0 Å². The van der Waals surface area contributed by atoms with E-state index < -0.39 is 0 Å². The number of aromatic amines is 2. The monoisotopic (exact) mass is 266 g/mol. The van der Waals surface area contributed by atoms with Gasteiger partial charge in [-0.1, -0.05) is 18.2 Å². The number of para-hydroxylation sites is 1. The molecule has 3 aromatic rings. The standard InChI is InChI=1S/C16H18N4/c1-2-4-16-14(3-1)13(9-17-16)11-20-8-6-12(10-20)15-5-7-18-19-15/h1-5,7,9,12,17H,6,8,10-11H2,(H,18,19). The van der Waals surface area contributed by atoms with Gasteiger partial charge in [0.25, 0.3) is 0 Å². The Labute approximate surface area is 117 Å². The van der Waals surface area contributed by atoms with Gasteiger partial charge in [-0.25, -0.2) is 0 Å². The lowest BCUT2D eigenvalue weighted by Crippen LogP contribution is -2.19. The molecule has 3 heterocycles. The summed E-state index contributed by atoms with van der Waals surface area (Å²) in [5.74, 6) is 0.600. The van der Waals surface area contributed by atoms with Crippen molar-refractivity contribution in [2.75, 3.05) is 13.1 Å². The molecule has 4 rings (SSSR count). The molecule has 0 saturated carbocycles. The molecule has 1 unspecified atom stereocenters. The highest BCUT2D eigenvalue weighted by Crippen LogP contribution is 2.28. The number of aromatic nitrogens is 3. The zero-order valence-corrected chi connectivity index (χ0v) is 11.3. The van der Waals surface area contributed by atoms with Gasteiger partial charge in [0, 0.05) is 48.0 Å². The summed E-state index contributed by atoms with van der Waals surface area (Å²) in [6.45, 7) is 3.29. The van der Waals surface area contributed by atoms with E-state index in [1.165, 1.54) is 28.6 Å². The molecule has 0 spiro atoms. The zero-order chi connectivity index (χ0) is 13.4. The summed E-state index contributed by atoms with van der Waals surface area (Å²) in [6.07, 6.45) is 5.20. The van der Waals surface area contributed by atoms with Crippen molar-refractivity contribution in [3.63, 3.8) is 0 Å². The number of likely N-dealkylation sites (tertiary alicyclic amines) is 1. The van der Waals surface area contributed by atoms with Gasteiger partial charge in [0.2, 0.25) is 0 Å². The van der Waals surface area contributed by atoms with Crippen LogP contribution in [0.5, 0.6) is 0 Å². The molecule has 4 heteroatoms. The summed E-state index contributed by atoms with van der Waals surface area (Å²) >= 11 is 0. The normalized spacial score (nSPS) is 19.9. The first-order valence-electron chi connectivity index (χ1n) is 7.17. The van der Waals surface area contributed by atoms with Crippen LogP contribution in [0.4, 0.5) is 0 Å².